The van der Waals surface area contributed by atoms with E-state index in [0.29, 0.717) is 26.0 Å². The smallest absolute Gasteiger partial charge is 0.303 e. The fraction of sp³-hybridized carbons (Fsp3) is 0.500. The minimum atomic E-state index is -0.836. The number of carboxylic acids is 1. The summed E-state index contributed by atoms with van der Waals surface area (Å²) in [5.74, 6) is -0.0124. The average Bonchev–Trinajstić information content (AvgIpc) is 2.43. The Labute approximate surface area is 125 Å². The molecular formula is C16H23NO4. The van der Waals surface area contributed by atoms with Crippen molar-refractivity contribution in [2.24, 2.45) is 0 Å². The van der Waals surface area contributed by atoms with Gasteiger partial charge in [0.1, 0.15) is 5.75 Å². The number of hydrogen-bond donors (Lipinski definition) is 2. The molecule has 0 aromatic heterocycles. The highest BCUT2D eigenvalue weighted by Gasteiger charge is 2.02. The van der Waals surface area contributed by atoms with Crippen molar-refractivity contribution in [3.8, 4) is 5.75 Å². The van der Waals surface area contributed by atoms with E-state index in [1.54, 1.807) is 0 Å². The summed E-state index contributed by atoms with van der Waals surface area (Å²) in [6.07, 6.45) is 2.58. The lowest BCUT2D eigenvalue weighted by atomic mass is 10.2. The van der Waals surface area contributed by atoms with Crippen molar-refractivity contribution >= 4 is 11.9 Å². The number of unbranched alkanes of at least 4 members (excludes halogenated alkanes) is 1. The second kappa shape index (κ2) is 9.80. The quantitative estimate of drug-likeness (QED) is 0.650. The first-order chi connectivity index (χ1) is 10.1. The van der Waals surface area contributed by atoms with E-state index in [1.807, 2.05) is 31.2 Å². The third-order valence-corrected chi connectivity index (χ3v) is 2.95. The normalized spacial score (nSPS) is 10.1. The summed E-state index contributed by atoms with van der Waals surface area (Å²) in [6, 6.07) is 7.87. The molecule has 0 atom stereocenters. The Morgan fingerprint density at radius 1 is 1.19 bits per heavy atom. The van der Waals surface area contributed by atoms with Gasteiger partial charge >= 0.3 is 5.97 Å². The molecule has 2 N–H and O–H groups in total. The maximum absolute atomic E-state index is 11.5. The van der Waals surface area contributed by atoms with Crippen molar-refractivity contribution in [3.05, 3.63) is 29.8 Å². The number of aliphatic carboxylic acids is 1. The molecule has 0 aliphatic heterocycles. The fourth-order valence-corrected chi connectivity index (χ4v) is 1.84. The summed E-state index contributed by atoms with van der Waals surface area (Å²) in [7, 11) is 0. The minimum Gasteiger partial charge on any atom is -0.494 e. The zero-order valence-corrected chi connectivity index (χ0v) is 12.4. The van der Waals surface area contributed by atoms with Gasteiger partial charge in [0.05, 0.1) is 6.61 Å². The molecule has 0 saturated carbocycles. The first kappa shape index (κ1) is 17.0. The molecule has 0 aliphatic rings. The SMILES string of the molecule is Cc1cccc(OCCCCC(=O)NCCCC(=O)O)c1. The molecule has 0 fully saturated rings. The number of carbonyl (C=O) groups excluding carboxylic acids is 1. The Morgan fingerprint density at radius 2 is 2.00 bits per heavy atom. The molecule has 1 rings (SSSR count). The van der Waals surface area contributed by atoms with Gasteiger partial charge in [0.2, 0.25) is 5.91 Å². The van der Waals surface area contributed by atoms with Crippen LogP contribution in [0.3, 0.4) is 0 Å². The van der Waals surface area contributed by atoms with Gasteiger partial charge in [-0.15, -0.1) is 0 Å². The number of nitrogens with one attached hydrogen (secondary N) is 1. The molecule has 1 aromatic rings. The molecule has 21 heavy (non-hydrogen) atoms. The van der Waals surface area contributed by atoms with Crippen LogP contribution in [0.2, 0.25) is 0 Å². The highest BCUT2D eigenvalue weighted by molar-refractivity contribution is 5.75. The third kappa shape index (κ3) is 8.68. The standard InChI is InChI=1S/C16H23NO4/c1-13-6-4-7-14(12-13)21-11-3-2-8-15(18)17-10-5-9-16(19)20/h4,6-7,12H,2-3,5,8-11H2,1H3,(H,17,18)(H,19,20). The molecule has 0 bridgehead atoms. The summed E-state index contributed by atoms with van der Waals surface area (Å²) >= 11 is 0. The van der Waals surface area contributed by atoms with Crippen LogP contribution in [0.25, 0.3) is 0 Å². The molecule has 116 valence electrons. The van der Waals surface area contributed by atoms with Crippen LogP contribution < -0.4 is 10.1 Å². The van der Waals surface area contributed by atoms with E-state index in [4.69, 9.17) is 9.84 Å². The lowest BCUT2D eigenvalue weighted by Crippen LogP contribution is -2.24. The van der Waals surface area contributed by atoms with Gasteiger partial charge in [-0.3, -0.25) is 9.59 Å². The van der Waals surface area contributed by atoms with Gasteiger partial charge in [-0.1, -0.05) is 12.1 Å². The number of aryl methyl sites for hydroxylation is 1. The highest BCUT2D eigenvalue weighted by atomic mass is 16.5. The Kier molecular flexibility index (Phi) is 7.94. The fourth-order valence-electron chi connectivity index (χ4n) is 1.84. The molecule has 5 heteroatoms. The zero-order chi connectivity index (χ0) is 15.5. The van der Waals surface area contributed by atoms with Crippen molar-refractivity contribution in [3.63, 3.8) is 0 Å². The maximum Gasteiger partial charge on any atom is 0.303 e. The Hall–Kier alpha value is -2.04. The molecule has 0 unspecified atom stereocenters. The van der Waals surface area contributed by atoms with Crippen LogP contribution in [-0.2, 0) is 9.59 Å². The van der Waals surface area contributed by atoms with Crippen LogP contribution in [0.5, 0.6) is 5.75 Å². The molecule has 0 aliphatic carbocycles. The van der Waals surface area contributed by atoms with E-state index < -0.39 is 5.97 Å². The largest absolute Gasteiger partial charge is 0.494 e. The second-order valence-corrected chi connectivity index (χ2v) is 4.97. The van der Waals surface area contributed by atoms with Gasteiger partial charge in [0.25, 0.3) is 0 Å². The van der Waals surface area contributed by atoms with Gasteiger partial charge in [0.15, 0.2) is 0 Å². The van der Waals surface area contributed by atoms with Gasteiger partial charge < -0.3 is 15.2 Å². The van der Waals surface area contributed by atoms with E-state index in [9.17, 15) is 9.59 Å². The summed E-state index contributed by atoms with van der Waals surface area (Å²) < 4.78 is 5.60. The Balaban J connectivity index is 2.01. The van der Waals surface area contributed by atoms with E-state index in [2.05, 4.69) is 5.32 Å². The van der Waals surface area contributed by atoms with Gasteiger partial charge in [0, 0.05) is 19.4 Å². The molecule has 5 nitrogen and oxygen atoms in total. The van der Waals surface area contributed by atoms with Crippen molar-refractivity contribution in [1.29, 1.82) is 0 Å². The first-order valence-corrected chi connectivity index (χ1v) is 7.26. The zero-order valence-electron chi connectivity index (χ0n) is 12.4. The van der Waals surface area contributed by atoms with Crippen molar-refractivity contribution in [1.82, 2.24) is 5.32 Å². The predicted octanol–water partition coefficient (Wildman–Crippen LogP) is 2.53. The monoisotopic (exact) mass is 293 g/mol. The van der Waals surface area contributed by atoms with Crippen molar-refractivity contribution < 1.29 is 19.4 Å². The van der Waals surface area contributed by atoms with Gasteiger partial charge in [-0.25, -0.2) is 0 Å². The third-order valence-electron chi connectivity index (χ3n) is 2.95. The van der Waals surface area contributed by atoms with E-state index in [1.165, 1.54) is 0 Å². The lowest BCUT2D eigenvalue weighted by Gasteiger charge is -2.07. The summed E-state index contributed by atoms with van der Waals surface area (Å²) in [5, 5.41) is 11.2. The minimum absolute atomic E-state index is 0.0315. The molecular weight excluding hydrogens is 270 g/mol. The molecule has 0 radical (unpaired) electrons. The number of amides is 1. The van der Waals surface area contributed by atoms with E-state index in [-0.39, 0.29) is 12.3 Å². The van der Waals surface area contributed by atoms with Crippen molar-refractivity contribution in [2.75, 3.05) is 13.2 Å². The number of carboxylic acid groups (broad SMARTS) is 1. The molecule has 0 heterocycles. The van der Waals surface area contributed by atoms with E-state index in [0.717, 1.165) is 24.2 Å². The van der Waals surface area contributed by atoms with E-state index >= 15 is 0 Å². The summed E-state index contributed by atoms with van der Waals surface area (Å²) in [6.45, 7) is 3.03. The Morgan fingerprint density at radius 3 is 2.71 bits per heavy atom. The van der Waals surface area contributed by atoms with Crippen LogP contribution in [0, 0.1) is 6.92 Å². The molecule has 1 amide bonds. The van der Waals surface area contributed by atoms with Crippen LogP contribution in [0.4, 0.5) is 0 Å². The summed E-state index contributed by atoms with van der Waals surface area (Å²) in [5.41, 5.74) is 1.16. The number of benzene rings is 1. The number of carbonyl (C=O) groups is 2. The summed E-state index contributed by atoms with van der Waals surface area (Å²) in [4.78, 5) is 21.8. The van der Waals surface area contributed by atoms with Crippen LogP contribution in [0.15, 0.2) is 24.3 Å². The topological polar surface area (TPSA) is 75.6 Å². The molecule has 0 saturated heterocycles. The van der Waals surface area contributed by atoms with Crippen molar-refractivity contribution in [2.45, 2.75) is 39.0 Å². The molecule has 1 aromatic carbocycles. The maximum atomic E-state index is 11.5. The average molecular weight is 293 g/mol. The first-order valence-electron chi connectivity index (χ1n) is 7.26. The van der Waals surface area contributed by atoms with Gasteiger partial charge in [-0.2, -0.15) is 0 Å². The van der Waals surface area contributed by atoms with Gasteiger partial charge in [-0.05, 0) is 43.9 Å². The Bertz CT molecular complexity index is 459. The number of ether oxygens (including phenoxy) is 1. The number of rotatable bonds is 10. The van der Waals surface area contributed by atoms with Crippen LogP contribution >= 0.6 is 0 Å². The predicted molar refractivity (Wildman–Crippen MR) is 80.4 cm³/mol. The van der Waals surface area contributed by atoms with Crippen LogP contribution in [0.1, 0.15) is 37.7 Å². The lowest BCUT2D eigenvalue weighted by molar-refractivity contribution is -0.137. The highest BCUT2D eigenvalue weighted by Crippen LogP contribution is 2.12. The van der Waals surface area contributed by atoms with Crippen LogP contribution in [-0.4, -0.2) is 30.1 Å². The second-order valence-electron chi connectivity index (χ2n) is 4.97. The number of hydrogen-bond acceptors (Lipinski definition) is 3. The molecule has 0 spiro atoms.